The number of piperazine rings is 2. The van der Waals surface area contributed by atoms with Gasteiger partial charge >= 0.3 is 0 Å². The molecule has 0 unspecified atom stereocenters. The molecule has 188 valence electrons. The predicted octanol–water partition coefficient (Wildman–Crippen LogP) is 2.15. The fourth-order valence-electron chi connectivity index (χ4n) is 5.22. The average molecular weight is 494 g/mol. The molecule has 3 fully saturated rings. The molecule has 1 aromatic carbocycles. The largest absolute Gasteiger partial charge is 0.362 e. The van der Waals surface area contributed by atoms with Crippen LogP contribution in [0.15, 0.2) is 23.1 Å². The molecular formula is C23H35N5O5S. The van der Waals surface area contributed by atoms with E-state index in [2.05, 4.69) is 4.90 Å². The van der Waals surface area contributed by atoms with E-state index in [9.17, 15) is 23.3 Å². The monoisotopic (exact) mass is 493 g/mol. The third-order valence-electron chi connectivity index (χ3n) is 7.40. The third kappa shape index (κ3) is 5.52. The zero-order chi connectivity index (χ0) is 24.3. The Hall–Kier alpha value is -2.24. The smallest absolute Gasteiger partial charge is 0.293 e. The van der Waals surface area contributed by atoms with Crippen LogP contribution < -0.4 is 4.90 Å². The first-order valence-corrected chi connectivity index (χ1v) is 13.7. The van der Waals surface area contributed by atoms with E-state index in [-0.39, 0.29) is 16.5 Å². The van der Waals surface area contributed by atoms with Crippen molar-refractivity contribution >= 4 is 27.3 Å². The summed E-state index contributed by atoms with van der Waals surface area (Å²) < 4.78 is 27.5. The van der Waals surface area contributed by atoms with Gasteiger partial charge in [0.05, 0.1) is 9.82 Å². The maximum absolute atomic E-state index is 13.1. The summed E-state index contributed by atoms with van der Waals surface area (Å²) in [7, 11) is -1.85. The minimum absolute atomic E-state index is 0.0474. The van der Waals surface area contributed by atoms with Crippen LogP contribution in [0.3, 0.4) is 0 Å². The van der Waals surface area contributed by atoms with Crippen molar-refractivity contribution in [1.82, 2.24) is 14.1 Å². The van der Waals surface area contributed by atoms with Crippen LogP contribution in [-0.4, -0.2) is 92.8 Å². The average Bonchev–Trinajstić information content (AvgIpc) is 2.84. The number of anilines is 1. The fourth-order valence-corrected chi connectivity index (χ4v) is 6.66. The van der Waals surface area contributed by atoms with Gasteiger partial charge < -0.3 is 14.7 Å². The molecular weight excluding hydrogens is 458 g/mol. The minimum atomic E-state index is -3.79. The highest BCUT2D eigenvalue weighted by molar-refractivity contribution is 7.89. The Morgan fingerprint density at radius 2 is 1.65 bits per heavy atom. The number of nitro groups is 1. The lowest BCUT2D eigenvalue weighted by atomic mass is 9.86. The van der Waals surface area contributed by atoms with E-state index in [0.29, 0.717) is 70.4 Å². The zero-order valence-electron chi connectivity index (χ0n) is 19.9. The summed E-state index contributed by atoms with van der Waals surface area (Å²) in [6.07, 6.45) is 6.52. The molecule has 1 saturated carbocycles. The lowest BCUT2D eigenvalue weighted by Gasteiger charge is -2.36. The van der Waals surface area contributed by atoms with Crippen molar-refractivity contribution in [3.63, 3.8) is 0 Å². The molecule has 0 aromatic heterocycles. The Bertz CT molecular complexity index is 995. The van der Waals surface area contributed by atoms with Gasteiger partial charge in [0.25, 0.3) is 5.69 Å². The maximum Gasteiger partial charge on any atom is 0.293 e. The first-order valence-electron chi connectivity index (χ1n) is 12.3. The molecule has 1 amide bonds. The molecule has 4 rings (SSSR count). The van der Waals surface area contributed by atoms with Crippen LogP contribution in [-0.2, 0) is 14.8 Å². The summed E-state index contributed by atoms with van der Waals surface area (Å²) in [5, 5.41) is 11.9. The number of hydrogen-bond acceptors (Lipinski definition) is 7. The van der Waals surface area contributed by atoms with Crippen LogP contribution in [0.2, 0.25) is 0 Å². The zero-order valence-corrected chi connectivity index (χ0v) is 20.7. The van der Waals surface area contributed by atoms with Gasteiger partial charge in [-0.3, -0.25) is 14.9 Å². The summed E-state index contributed by atoms with van der Waals surface area (Å²) in [6, 6.07) is 4.20. The van der Waals surface area contributed by atoms with Crippen LogP contribution in [0.4, 0.5) is 11.4 Å². The van der Waals surface area contributed by atoms with Gasteiger partial charge in [-0.15, -0.1) is 0 Å². The van der Waals surface area contributed by atoms with Crippen molar-refractivity contribution in [3.05, 3.63) is 28.3 Å². The van der Waals surface area contributed by atoms with Gasteiger partial charge in [0.1, 0.15) is 5.69 Å². The van der Waals surface area contributed by atoms with Crippen molar-refractivity contribution < 1.29 is 18.1 Å². The molecule has 0 bridgehead atoms. The van der Waals surface area contributed by atoms with Crippen molar-refractivity contribution in [2.24, 2.45) is 5.92 Å². The molecule has 1 aromatic rings. The number of nitro benzene ring substituents is 1. The van der Waals surface area contributed by atoms with E-state index in [1.165, 1.54) is 35.7 Å². The molecule has 3 aliphatic rings. The first-order chi connectivity index (χ1) is 16.3. The quantitative estimate of drug-likeness (QED) is 0.441. The van der Waals surface area contributed by atoms with Crippen LogP contribution >= 0.6 is 0 Å². The van der Waals surface area contributed by atoms with E-state index in [0.717, 1.165) is 12.8 Å². The molecule has 0 spiro atoms. The Morgan fingerprint density at radius 1 is 1.00 bits per heavy atom. The molecule has 0 N–H and O–H groups in total. The van der Waals surface area contributed by atoms with Crippen molar-refractivity contribution in [2.75, 3.05) is 64.3 Å². The number of sulfonamides is 1. The molecule has 34 heavy (non-hydrogen) atoms. The van der Waals surface area contributed by atoms with Gasteiger partial charge in [-0.05, 0) is 37.9 Å². The van der Waals surface area contributed by atoms with Gasteiger partial charge in [0, 0.05) is 64.8 Å². The normalized spacial score (nSPS) is 21.6. The fraction of sp³-hybridized carbons (Fsp3) is 0.696. The lowest BCUT2D eigenvalue weighted by molar-refractivity contribution is -0.384. The SMILES string of the molecule is CN1CCN(S(=O)(=O)c2ccc(N3CCN(C(=O)CC4CCCCC4)CC3)c([N+](=O)[O-])c2)CC1. The molecule has 2 heterocycles. The molecule has 0 radical (unpaired) electrons. The molecule has 10 nitrogen and oxygen atoms in total. The summed E-state index contributed by atoms with van der Waals surface area (Å²) >= 11 is 0. The second-order valence-corrected chi connectivity index (χ2v) is 11.6. The Labute approximate surface area is 201 Å². The van der Waals surface area contributed by atoms with E-state index in [1.54, 1.807) is 6.07 Å². The lowest BCUT2D eigenvalue weighted by Crippen LogP contribution is -2.49. The van der Waals surface area contributed by atoms with Gasteiger partial charge in [-0.25, -0.2) is 8.42 Å². The predicted molar refractivity (Wildman–Crippen MR) is 129 cm³/mol. The molecule has 1 aliphatic carbocycles. The first kappa shape index (κ1) is 24.9. The summed E-state index contributed by atoms with van der Waals surface area (Å²) in [5.41, 5.74) is 0.193. The van der Waals surface area contributed by atoms with Gasteiger partial charge in [0.2, 0.25) is 15.9 Å². The van der Waals surface area contributed by atoms with E-state index < -0.39 is 14.9 Å². The highest BCUT2D eigenvalue weighted by Gasteiger charge is 2.32. The molecule has 2 aliphatic heterocycles. The second-order valence-electron chi connectivity index (χ2n) is 9.69. The summed E-state index contributed by atoms with van der Waals surface area (Å²) in [6.45, 7) is 4.00. The van der Waals surface area contributed by atoms with Crippen molar-refractivity contribution in [1.29, 1.82) is 0 Å². The third-order valence-corrected chi connectivity index (χ3v) is 9.30. The summed E-state index contributed by atoms with van der Waals surface area (Å²) in [5.74, 6) is 0.657. The Kier molecular flexibility index (Phi) is 7.73. The standard InChI is InChI=1S/C23H35N5O5S/c1-24-9-15-27(16-10-24)34(32,33)20-7-8-21(22(18-20)28(30)31)25-11-13-26(14-12-25)23(29)17-19-5-3-2-4-6-19/h7-8,18-19H,2-6,9-17H2,1H3. The van der Waals surface area contributed by atoms with E-state index in [1.807, 2.05) is 16.8 Å². The summed E-state index contributed by atoms with van der Waals surface area (Å²) in [4.78, 5) is 29.8. The highest BCUT2D eigenvalue weighted by atomic mass is 32.2. The van der Waals surface area contributed by atoms with E-state index >= 15 is 0 Å². The molecule has 0 atom stereocenters. The number of nitrogens with zero attached hydrogens (tertiary/aromatic N) is 5. The van der Waals surface area contributed by atoms with Crippen LogP contribution in [0, 0.1) is 16.0 Å². The van der Waals surface area contributed by atoms with Crippen molar-refractivity contribution in [2.45, 2.75) is 43.4 Å². The van der Waals surface area contributed by atoms with Crippen LogP contribution in [0.5, 0.6) is 0 Å². The van der Waals surface area contributed by atoms with Crippen LogP contribution in [0.1, 0.15) is 38.5 Å². The van der Waals surface area contributed by atoms with Crippen LogP contribution in [0.25, 0.3) is 0 Å². The number of benzene rings is 1. The highest BCUT2D eigenvalue weighted by Crippen LogP contribution is 2.33. The Morgan fingerprint density at radius 3 is 2.26 bits per heavy atom. The van der Waals surface area contributed by atoms with Gasteiger partial charge in [-0.1, -0.05) is 19.3 Å². The second kappa shape index (κ2) is 10.6. The molecule has 2 saturated heterocycles. The number of amides is 1. The van der Waals surface area contributed by atoms with E-state index in [4.69, 9.17) is 0 Å². The number of carbonyl (C=O) groups excluding carboxylic acids is 1. The minimum Gasteiger partial charge on any atom is -0.362 e. The van der Waals surface area contributed by atoms with Gasteiger partial charge in [0.15, 0.2) is 0 Å². The van der Waals surface area contributed by atoms with Crippen molar-refractivity contribution in [3.8, 4) is 0 Å². The molecule has 11 heteroatoms. The number of hydrogen-bond donors (Lipinski definition) is 0. The Balaban J connectivity index is 1.43. The maximum atomic E-state index is 13.1. The number of carbonyl (C=O) groups is 1. The number of rotatable bonds is 6. The topological polar surface area (TPSA) is 107 Å². The van der Waals surface area contributed by atoms with Gasteiger partial charge in [-0.2, -0.15) is 4.31 Å². The number of likely N-dealkylation sites (N-methyl/N-ethyl adjacent to an activating group) is 1.